The van der Waals surface area contributed by atoms with Crippen molar-refractivity contribution in [2.75, 3.05) is 20.2 Å². The number of ether oxygens (including phenoxy) is 1. The molecule has 2 aromatic heterocycles. The third-order valence-electron chi connectivity index (χ3n) is 7.36. The van der Waals surface area contributed by atoms with E-state index in [0.717, 1.165) is 71.3 Å². The molecule has 6 rings (SSSR count). The Labute approximate surface area is 194 Å². The first kappa shape index (κ1) is 20.2. The van der Waals surface area contributed by atoms with E-state index in [1.54, 1.807) is 7.11 Å². The van der Waals surface area contributed by atoms with Gasteiger partial charge in [0.2, 0.25) is 5.78 Å². The monoisotopic (exact) mass is 494 g/mol. The van der Waals surface area contributed by atoms with Crippen LogP contribution in [0.2, 0.25) is 0 Å². The minimum Gasteiger partial charge on any atom is -0.496 e. The maximum Gasteiger partial charge on any atom is 0.283 e. The molecule has 1 N–H and O–H groups in total. The van der Waals surface area contributed by atoms with Gasteiger partial charge < -0.3 is 14.6 Å². The summed E-state index contributed by atoms with van der Waals surface area (Å²) >= 11 is 3.57. The minimum atomic E-state index is -0.180. The quantitative estimate of drug-likeness (QED) is 0.427. The van der Waals surface area contributed by atoms with Crippen LogP contribution in [0, 0.1) is 0 Å². The van der Waals surface area contributed by atoms with Gasteiger partial charge in [0.05, 0.1) is 29.0 Å². The predicted molar refractivity (Wildman–Crippen MR) is 131 cm³/mol. The molecule has 7 heteroatoms. The van der Waals surface area contributed by atoms with Crippen LogP contribution in [0.25, 0.3) is 27.7 Å². The maximum atomic E-state index is 13.1. The highest BCUT2D eigenvalue weighted by Crippen LogP contribution is 2.41. The van der Waals surface area contributed by atoms with Crippen LogP contribution < -0.4 is 15.6 Å². The summed E-state index contributed by atoms with van der Waals surface area (Å²) in [5.74, 6) is 2.15. The van der Waals surface area contributed by atoms with Crippen LogP contribution in [0.4, 0.5) is 0 Å². The number of methoxy groups -OCH3 is 1. The van der Waals surface area contributed by atoms with Crippen molar-refractivity contribution in [3.8, 4) is 5.75 Å². The number of aromatic nitrogens is 3. The SMILES string of the molecule is COc1cc2c(cc1C1CCNCC1)n(C1CCCC1)c1nc(=O)c3c(Br)cccc3n21. The van der Waals surface area contributed by atoms with Gasteiger partial charge in [0, 0.05) is 16.6 Å². The largest absolute Gasteiger partial charge is 0.496 e. The Morgan fingerprint density at radius 3 is 2.59 bits per heavy atom. The lowest BCUT2D eigenvalue weighted by atomic mass is 9.89. The Morgan fingerprint density at radius 2 is 1.84 bits per heavy atom. The van der Waals surface area contributed by atoms with Crippen LogP contribution in [0.3, 0.4) is 0 Å². The molecule has 0 unspecified atom stereocenters. The summed E-state index contributed by atoms with van der Waals surface area (Å²) in [5.41, 5.74) is 4.19. The molecular formula is C25H27BrN4O2. The van der Waals surface area contributed by atoms with Gasteiger partial charge in [0.15, 0.2) is 0 Å². The molecule has 0 spiro atoms. The molecule has 4 aromatic rings. The zero-order valence-corrected chi connectivity index (χ0v) is 19.8. The number of fused-ring (bicyclic) bond motifs is 5. The molecule has 1 aliphatic heterocycles. The zero-order chi connectivity index (χ0) is 21.8. The molecule has 0 radical (unpaired) electrons. The van der Waals surface area contributed by atoms with E-state index in [0.29, 0.717) is 17.3 Å². The van der Waals surface area contributed by atoms with Crippen molar-refractivity contribution in [1.29, 1.82) is 0 Å². The number of nitrogens with one attached hydrogen (secondary N) is 1. The molecule has 1 aliphatic carbocycles. The molecule has 1 saturated heterocycles. The highest BCUT2D eigenvalue weighted by molar-refractivity contribution is 9.10. The van der Waals surface area contributed by atoms with Crippen molar-refractivity contribution in [3.05, 3.63) is 50.7 Å². The van der Waals surface area contributed by atoms with E-state index in [1.807, 2.05) is 18.2 Å². The Hall–Kier alpha value is -2.38. The first-order valence-electron chi connectivity index (χ1n) is 11.6. The van der Waals surface area contributed by atoms with E-state index in [9.17, 15) is 4.79 Å². The molecule has 2 aromatic carbocycles. The predicted octanol–water partition coefficient (Wildman–Crippen LogP) is 5.16. The van der Waals surface area contributed by atoms with Gasteiger partial charge >= 0.3 is 0 Å². The molecule has 3 heterocycles. The molecule has 32 heavy (non-hydrogen) atoms. The second-order valence-electron chi connectivity index (χ2n) is 9.10. The molecule has 2 aliphatic rings. The fraction of sp³-hybridized carbons (Fsp3) is 0.440. The van der Waals surface area contributed by atoms with Gasteiger partial charge in [-0.3, -0.25) is 9.20 Å². The Kier molecular flexibility index (Phi) is 4.99. The topological polar surface area (TPSA) is 60.6 Å². The molecule has 166 valence electrons. The average Bonchev–Trinajstić information content (AvgIpc) is 3.44. The summed E-state index contributed by atoms with van der Waals surface area (Å²) < 4.78 is 11.2. The smallest absolute Gasteiger partial charge is 0.283 e. The lowest BCUT2D eigenvalue weighted by Gasteiger charge is -2.25. The van der Waals surface area contributed by atoms with Gasteiger partial charge in [-0.2, -0.15) is 4.98 Å². The average molecular weight is 495 g/mol. The normalized spacial score (nSPS) is 18.3. The summed E-state index contributed by atoms with van der Waals surface area (Å²) in [7, 11) is 1.76. The Bertz CT molecular complexity index is 1390. The van der Waals surface area contributed by atoms with Gasteiger partial charge in [-0.05, 0) is 84.4 Å². The van der Waals surface area contributed by atoms with Crippen LogP contribution in [-0.2, 0) is 0 Å². The minimum absolute atomic E-state index is 0.180. The van der Waals surface area contributed by atoms with Crippen LogP contribution >= 0.6 is 15.9 Å². The third kappa shape index (κ3) is 3.01. The van der Waals surface area contributed by atoms with Gasteiger partial charge in [-0.25, -0.2) is 0 Å². The highest BCUT2D eigenvalue weighted by Gasteiger charge is 2.27. The summed E-state index contributed by atoms with van der Waals surface area (Å²) in [6.45, 7) is 2.07. The first-order chi connectivity index (χ1) is 15.7. The lowest BCUT2D eigenvalue weighted by molar-refractivity contribution is 0.392. The van der Waals surface area contributed by atoms with E-state index in [4.69, 9.17) is 4.74 Å². The van der Waals surface area contributed by atoms with Gasteiger partial charge in [0.1, 0.15) is 5.75 Å². The highest BCUT2D eigenvalue weighted by atomic mass is 79.9. The van der Waals surface area contributed by atoms with E-state index in [1.165, 1.54) is 18.4 Å². The maximum absolute atomic E-state index is 13.1. The number of halogens is 1. The molecule has 2 fully saturated rings. The van der Waals surface area contributed by atoms with E-state index < -0.39 is 0 Å². The fourth-order valence-electron chi connectivity index (χ4n) is 5.82. The van der Waals surface area contributed by atoms with Gasteiger partial charge in [-0.15, -0.1) is 0 Å². The van der Waals surface area contributed by atoms with Gasteiger partial charge in [0.25, 0.3) is 5.56 Å². The lowest BCUT2D eigenvalue weighted by Crippen LogP contribution is -2.26. The molecule has 0 atom stereocenters. The second-order valence-corrected chi connectivity index (χ2v) is 9.96. The van der Waals surface area contributed by atoms with Crippen molar-refractivity contribution in [3.63, 3.8) is 0 Å². The van der Waals surface area contributed by atoms with Crippen molar-refractivity contribution in [1.82, 2.24) is 19.3 Å². The van der Waals surface area contributed by atoms with Crippen LogP contribution in [0.5, 0.6) is 5.75 Å². The van der Waals surface area contributed by atoms with Gasteiger partial charge in [-0.1, -0.05) is 18.9 Å². The number of piperidine rings is 1. The summed E-state index contributed by atoms with van der Waals surface area (Å²) in [5, 5.41) is 4.09. The Balaban J connectivity index is 1.75. The molecule has 0 bridgehead atoms. The summed E-state index contributed by atoms with van der Waals surface area (Å²) in [4.78, 5) is 17.7. The van der Waals surface area contributed by atoms with Crippen LogP contribution in [0.1, 0.15) is 56.0 Å². The standard InChI is InChI=1S/C25H27BrN4O2/c1-32-22-14-21-20(13-17(22)15-9-11-27-12-10-15)29(16-5-2-3-6-16)25-28-24(31)23-18(26)7-4-8-19(23)30(21)25/h4,7-8,13-16,27H,2-3,5-6,9-12H2,1H3. The third-order valence-corrected chi connectivity index (χ3v) is 8.02. The Morgan fingerprint density at radius 1 is 1.06 bits per heavy atom. The summed E-state index contributed by atoms with van der Waals surface area (Å²) in [6.07, 6.45) is 6.91. The molecular weight excluding hydrogens is 468 g/mol. The fourth-order valence-corrected chi connectivity index (χ4v) is 6.34. The molecule has 0 amide bonds. The first-order valence-corrected chi connectivity index (χ1v) is 12.4. The van der Waals surface area contributed by atoms with Crippen LogP contribution in [-0.4, -0.2) is 34.2 Å². The number of imidazole rings is 1. The van der Waals surface area contributed by atoms with Crippen LogP contribution in [0.15, 0.2) is 39.6 Å². The van der Waals surface area contributed by atoms with E-state index in [-0.39, 0.29) is 5.56 Å². The van der Waals surface area contributed by atoms with E-state index >= 15 is 0 Å². The number of nitrogens with zero attached hydrogens (tertiary/aromatic N) is 3. The van der Waals surface area contributed by atoms with Crippen molar-refractivity contribution >= 4 is 43.6 Å². The molecule has 1 saturated carbocycles. The number of rotatable bonds is 3. The second kappa shape index (κ2) is 7.89. The molecule has 6 nitrogen and oxygen atoms in total. The van der Waals surface area contributed by atoms with Crippen molar-refractivity contribution in [2.24, 2.45) is 0 Å². The van der Waals surface area contributed by atoms with E-state index in [2.05, 4.69) is 47.3 Å². The number of benzene rings is 2. The number of hydrogen-bond acceptors (Lipinski definition) is 4. The number of hydrogen-bond donors (Lipinski definition) is 1. The van der Waals surface area contributed by atoms with Crippen molar-refractivity contribution < 1.29 is 4.74 Å². The summed E-state index contributed by atoms with van der Waals surface area (Å²) in [6, 6.07) is 10.8. The van der Waals surface area contributed by atoms with Crippen molar-refractivity contribution in [2.45, 2.75) is 50.5 Å². The zero-order valence-electron chi connectivity index (χ0n) is 18.2.